The van der Waals surface area contributed by atoms with E-state index >= 15 is 0 Å². The first-order valence-corrected chi connectivity index (χ1v) is 6.13. The molecule has 0 saturated carbocycles. The van der Waals surface area contributed by atoms with Crippen molar-refractivity contribution in [2.75, 3.05) is 13.1 Å². The number of amides is 1. The minimum Gasteiger partial charge on any atom is -0.364 e. The van der Waals surface area contributed by atoms with Crippen LogP contribution in [0, 0.1) is 5.92 Å². The van der Waals surface area contributed by atoms with Gasteiger partial charge in [-0.15, -0.1) is 0 Å². The predicted molar refractivity (Wildman–Crippen MR) is 69.7 cm³/mol. The summed E-state index contributed by atoms with van der Waals surface area (Å²) < 4.78 is 0. The van der Waals surface area contributed by atoms with E-state index < -0.39 is 0 Å². The summed E-state index contributed by atoms with van der Waals surface area (Å²) in [6.45, 7) is 7.20. The van der Waals surface area contributed by atoms with Crippen molar-refractivity contribution in [3.63, 3.8) is 0 Å². The maximum Gasteiger partial charge on any atom is 0.224 e. The van der Waals surface area contributed by atoms with Crippen molar-refractivity contribution in [3.8, 4) is 0 Å². The number of hydrogen-bond donors (Lipinski definition) is 3. The van der Waals surface area contributed by atoms with Crippen LogP contribution in [0.4, 0.5) is 0 Å². The second kappa shape index (κ2) is 5.87. The van der Waals surface area contributed by atoms with Crippen molar-refractivity contribution in [3.05, 3.63) is 24.0 Å². The number of aromatic amines is 1. The van der Waals surface area contributed by atoms with Gasteiger partial charge in [-0.05, 0) is 18.6 Å². The highest BCUT2D eigenvalue weighted by Gasteiger charge is 2.23. The van der Waals surface area contributed by atoms with Crippen LogP contribution in [0.3, 0.4) is 0 Å². The molecular formula is C13H23N3O. The fourth-order valence-electron chi connectivity index (χ4n) is 1.76. The van der Waals surface area contributed by atoms with Gasteiger partial charge in [0.15, 0.2) is 0 Å². The normalized spacial score (nSPS) is 13.4. The van der Waals surface area contributed by atoms with E-state index in [-0.39, 0.29) is 17.2 Å². The molecule has 0 spiro atoms. The lowest BCUT2D eigenvalue weighted by atomic mass is 9.89. The van der Waals surface area contributed by atoms with Crippen molar-refractivity contribution >= 4 is 5.91 Å². The molecule has 0 bridgehead atoms. The second-order valence-corrected chi connectivity index (χ2v) is 5.03. The SMILES string of the molecule is CCC(CN)C(=O)NCC(C)(C)c1ccc[nH]1. The molecule has 4 heteroatoms. The van der Waals surface area contributed by atoms with Crippen molar-refractivity contribution in [2.45, 2.75) is 32.6 Å². The number of aromatic nitrogens is 1. The third kappa shape index (κ3) is 3.60. The Hall–Kier alpha value is -1.29. The number of hydrogen-bond acceptors (Lipinski definition) is 2. The summed E-state index contributed by atoms with van der Waals surface area (Å²) in [6.07, 6.45) is 2.68. The summed E-state index contributed by atoms with van der Waals surface area (Å²) in [4.78, 5) is 15.0. The van der Waals surface area contributed by atoms with Crippen LogP contribution in [0.25, 0.3) is 0 Å². The summed E-state index contributed by atoms with van der Waals surface area (Å²) >= 11 is 0. The van der Waals surface area contributed by atoms with E-state index in [0.717, 1.165) is 12.1 Å². The molecule has 0 aliphatic rings. The molecule has 4 N–H and O–H groups in total. The molecule has 0 fully saturated rings. The van der Waals surface area contributed by atoms with E-state index in [0.29, 0.717) is 13.1 Å². The van der Waals surface area contributed by atoms with Crippen LogP contribution in [0.15, 0.2) is 18.3 Å². The largest absolute Gasteiger partial charge is 0.364 e. The summed E-state index contributed by atoms with van der Waals surface area (Å²) in [7, 11) is 0. The van der Waals surface area contributed by atoms with Gasteiger partial charge >= 0.3 is 0 Å². The molecule has 96 valence electrons. The van der Waals surface area contributed by atoms with E-state index in [1.54, 1.807) is 0 Å². The maximum absolute atomic E-state index is 11.8. The van der Waals surface area contributed by atoms with E-state index in [4.69, 9.17) is 5.73 Å². The molecule has 1 heterocycles. The molecule has 4 nitrogen and oxygen atoms in total. The third-order valence-electron chi connectivity index (χ3n) is 3.18. The molecule has 1 unspecified atom stereocenters. The highest BCUT2D eigenvalue weighted by atomic mass is 16.1. The zero-order valence-electron chi connectivity index (χ0n) is 10.9. The Kier molecular flexibility index (Phi) is 4.75. The van der Waals surface area contributed by atoms with Crippen LogP contribution in [-0.4, -0.2) is 24.0 Å². The standard InChI is InChI=1S/C13H23N3O/c1-4-10(8-14)12(17)16-9-13(2,3)11-6-5-7-15-11/h5-7,10,15H,4,8-9,14H2,1-3H3,(H,16,17). The number of nitrogens with one attached hydrogen (secondary N) is 2. The average Bonchev–Trinajstić information content (AvgIpc) is 2.82. The quantitative estimate of drug-likeness (QED) is 0.699. The highest BCUT2D eigenvalue weighted by Crippen LogP contribution is 2.20. The fraction of sp³-hybridized carbons (Fsp3) is 0.615. The summed E-state index contributed by atoms with van der Waals surface area (Å²) in [5.41, 5.74) is 6.58. The monoisotopic (exact) mass is 237 g/mol. The molecule has 1 aromatic heterocycles. The Morgan fingerprint density at radius 2 is 2.29 bits per heavy atom. The molecule has 1 rings (SSSR count). The summed E-state index contributed by atoms with van der Waals surface area (Å²) in [5, 5.41) is 2.97. The van der Waals surface area contributed by atoms with Crippen LogP contribution >= 0.6 is 0 Å². The number of carbonyl (C=O) groups excluding carboxylic acids is 1. The van der Waals surface area contributed by atoms with Gasteiger partial charge in [0.25, 0.3) is 0 Å². The van der Waals surface area contributed by atoms with Gasteiger partial charge in [-0.2, -0.15) is 0 Å². The minimum absolute atomic E-state index is 0.0506. The molecule has 1 atom stereocenters. The number of H-pyrrole nitrogens is 1. The lowest BCUT2D eigenvalue weighted by Crippen LogP contribution is -2.41. The molecule has 0 aromatic carbocycles. The maximum atomic E-state index is 11.8. The molecule has 1 aromatic rings. The molecular weight excluding hydrogens is 214 g/mol. The molecule has 0 aliphatic heterocycles. The third-order valence-corrected chi connectivity index (χ3v) is 3.18. The van der Waals surface area contributed by atoms with Crippen LogP contribution in [0.2, 0.25) is 0 Å². The Balaban J connectivity index is 2.53. The van der Waals surface area contributed by atoms with Gasteiger partial charge in [0.1, 0.15) is 0 Å². The Morgan fingerprint density at radius 3 is 2.76 bits per heavy atom. The first-order valence-electron chi connectivity index (χ1n) is 6.13. The molecule has 17 heavy (non-hydrogen) atoms. The van der Waals surface area contributed by atoms with Gasteiger partial charge in [0, 0.05) is 36.3 Å². The van der Waals surface area contributed by atoms with Crippen molar-refractivity contribution < 1.29 is 4.79 Å². The summed E-state index contributed by atoms with van der Waals surface area (Å²) in [6, 6.07) is 4.00. The molecule has 0 saturated heterocycles. The second-order valence-electron chi connectivity index (χ2n) is 5.03. The number of carbonyl (C=O) groups is 1. The first-order chi connectivity index (χ1) is 8.01. The van der Waals surface area contributed by atoms with E-state index in [9.17, 15) is 4.79 Å². The molecule has 1 amide bonds. The Labute approximate surface area is 103 Å². The van der Waals surface area contributed by atoms with Crippen molar-refractivity contribution in [2.24, 2.45) is 11.7 Å². The van der Waals surface area contributed by atoms with Crippen LogP contribution in [0.1, 0.15) is 32.9 Å². The van der Waals surface area contributed by atoms with Gasteiger partial charge < -0.3 is 16.0 Å². The topological polar surface area (TPSA) is 70.9 Å². The van der Waals surface area contributed by atoms with E-state index in [2.05, 4.69) is 24.1 Å². The number of rotatable bonds is 6. The van der Waals surface area contributed by atoms with Gasteiger partial charge in [0.05, 0.1) is 0 Å². The van der Waals surface area contributed by atoms with E-state index in [1.807, 2.05) is 25.3 Å². The zero-order chi connectivity index (χ0) is 12.9. The van der Waals surface area contributed by atoms with Crippen molar-refractivity contribution in [1.82, 2.24) is 10.3 Å². The van der Waals surface area contributed by atoms with Crippen LogP contribution in [-0.2, 0) is 10.2 Å². The Bertz CT molecular complexity index is 340. The minimum atomic E-state index is -0.0912. The smallest absolute Gasteiger partial charge is 0.224 e. The van der Waals surface area contributed by atoms with Gasteiger partial charge in [-0.3, -0.25) is 4.79 Å². The Morgan fingerprint density at radius 1 is 1.59 bits per heavy atom. The summed E-state index contributed by atoms with van der Waals surface area (Å²) in [5.74, 6) is -0.0240. The van der Waals surface area contributed by atoms with Crippen molar-refractivity contribution in [1.29, 1.82) is 0 Å². The van der Waals surface area contributed by atoms with Gasteiger partial charge in [0.2, 0.25) is 5.91 Å². The van der Waals surface area contributed by atoms with Crippen LogP contribution in [0.5, 0.6) is 0 Å². The first kappa shape index (κ1) is 13.8. The lowest BCUT2D eigenvalue weighted by Gasteiger charge is -2.25. The predicted octanol–water partition coefficient (Wildman–Crippen LogP) is 1.39. The van der Waals surface area contributed by atoms with Gasteiger partial charge in [-0.1, -0.05) is 20.8 Å². The van der Waals surface area contributed by atoms with Gasteiger partial charge in [-0.25, -0.2) is 0 Å². The fourth-order valence-corrected chi connectivity index (χ4v) is 1.76. The van der Waals surface area contributed by atoms with E-state index in [1.165, 1.54) is 0 Å². The van der Waals surface area contributed by atoms with Crippen LogP contribution < -0.4 is 11.1 Å². The average molecular weight is 237 g/mol. The molecule has 0 aliphatic carbocycles. The zero-order valence-corrected chi connectivity index (χ0v) is 10.9. The highest BCUT2D eigenvalue weighted by molar-refractivity contribution is 5.78. The number of nitrogens with two attached hydrogens (primary N) is 1. The lowest BCUT2D eigenvalue weighted by molar-refractivity contribution is -0.125. The molecule has 0 radical (unpaired) electrons.